The number of carbonyl (C=O) groups excluding carboxylic acids is 2. The first-order valence-corrected chi connectivity index (χ1v) is 4.73. The summed E-state index contributed by atoms with van der Waals surface area (Å²) in [6.07, 6.45) is 2.26. The molecule has 0 unspecified atom stereocenters. The summed E-state index contributed by atoms with van der Waals surface area (Å²) in [5.74, 6) is -0.788. The molecule has 0 heterocycles. The van der Waals surface area contributed by atoms with Gasteiger partial charge in [0.2, 0.25) is 0 Å². The maximum Gasteiger partial charge on any atom is 0.330 e. The van der Waals surface area contributed by atoms with E-state index in [9.17, 15) is 9.59 Å². The van der Waals surface area contributed by atoms with E-state index in [-0.39, 0.29) is 17.1 Å². The van der Waals surface area contributed by atoms with Gasteiger partial charge in [-0.1, -0.05) is 18.7 Å². The van der Waals surface area contributed by atoms with E-state index in [0.717, 1.165) is 12.2 Å². The summed E-state index contributed by atoms with van der Waals surface area (Å²) in [5, 5.41) is 0. The second kappa shape index (κ2) is 6.76. The van der Waals surface area contributed by atoms with Crippen LogP contribution in [0.2, 0.25) is 0 Å². The number of nitrogens with zero attached hydrogens (tertiary/aromatic N) is 1. The van der Waals surface area contributed by atoms with Crippen LogP contribution in [-0.4, -0.2) is 43.7 Å². The smallest absolute Gasteiger partial charge is 0.330 e. The Balaban J connectivity index is 3.86. The van der Waals surface area contributed by atoms with E-state index < -0.39 is 5.97 Å². The molecular weight excluding hydrogens is 210 g/mol. The van der Waals surface area contributed by atoms with Gasteiger partial charge in [-0.05, 0) is 6.08 Å². The maximum absolute atomic E-state index is 10.9. The van der Waals surface area contributed by atoms with Crippen molar-refractivity contribution >= 4 is 11.9 Å². The lowest BCUT2D eigenvalue weighted by Crippen LogP contribution is -2.60. The summed E-state index contributed by atoms with van der Waals surface area (Å²) in [6, 6.07) is 0. The molecule has 0 radical (unpaired) electrons. The number of hydrazine groups is 1. The number of hydrogen-bond acceptors (Lipinski definition) is 4. The van der Waals surface area contributed by atoms with Gasteiger partial charge in [-0.2, -0.15) is 0 Å². The van der Waals surface area contributed by atoms with Crippen LogP contribution in [0.1, 0.15) is 0 Å². The Kier molecular flexibility index (Phi) is 6.06. The van der Waals surface area contributed by atoms with Crippen molar-refractivity contribution in [3.05, 3.63) is 25.3 Å². The first-order valence-electron chi connectivity index (χ1n) is 4.73. The van der Waals surface area contributed by atoms with E-state index in [1.165, 1.54) is 0 Å². The lowest BCUT2D eigenvalue weighted by atomic mass is 10.6. The second-order valence-electron chi connectivity index (χ2n) is 3.59. The predicted molar refractivity (Wildman–Crippen MR) is 59.6 cm³/mol. The van der Waals surface area contributed by atoms with Gasteiger partial charge < -0.3 is 4.74 Å². The van der Waals surface area contributed by atoms with Crippen LogP contribution in [-0.2, 0) is 14.3 Å². The van der Waals surface area contributed by atoms with Crippen molar-refractivity contribution in [1.82, 2.24) is 11.0 Å². The average molecular weight is 228 g/mol. The van der Waals surface area contributed by atoms with E-state index in [2.05, 4.69) is 24.1 Å². The molecule has 0 aromatic heterocycles. The van der Waals surface area contributed by atoms with E-state index in [1.54, 1.807) is 0 Å². The minimum absolute atomic E-state index is 0.231. The molecule has 0 rings (SSSR count). The molecular formula is C10H18N3O3+. The summed E-state index contributed by atoms with van der Waals surface area (Å²) in [5.41, 5.74) is 5.18. The zero-order valence-corrected chi connectivity index (χ0v) is 9.66. The highest BCUT2D eigenvalue weighted by molar-refractivity contribution is 5.86. The SMILES string of the molecule is C=CC(=O)NN[N+](C)(C)CCOC(=O)C=C. The standard InChI is InChI=1S/C10H17N3O3/c1-5-9(14)11-12-13(3,4)7-8-16-10(15)6-2/h5-6,12H,1-2,7-8H2,3-4H3/p+1. The van der Waals surface area contributed by atoms with Gasteiger partial charge in [-0.25, -0.2) is 14.8 Å². The van der Waals surface area contributed by atoms with Crippen LogP contribution in [0.25, 0.3) is 0 Å². The molecule has 0 atom stereocenters. The summed E-state index contributed by atoms with van der Waals surface area (Å²) in [4.78, 5) is 21.6. The molecule has 6 heteroatoms. The molecule has 2 N–H and O–H groups in total. The molecule has 0 aliphatic heterocycles. The normalized spacial score (nSPS) is 10.4. The van der Waals surface area contributed by atoms with Crippen molar-refractivity contribution in [3.8, 4) is 0 Å². The van der Waals surface area contributed by atoms with Gasteiger partial charge in [-0.3, -0.25) is 4.79 Å². The molecule has 0 aromatic carbocycles. The highest BCUT2D eigenvalue weighted by atomic mass is 16.5. The fourth-order valence-corrected chi connectivity index (χ4v) is 0.747. The van der Waals surface area contributed by atoms with Gasteiger partial charge in [0.25, 0.3) is 5.91 Å². The van der Waals surface area contributed by atoms with Crippen molar-refractivity contribution in [2.24, 2.45) is 0 Å². The molecule has 90 valence electrons. The van der Waals surface area contributed by atoms with Crippen LogP contribution in [0, 0.1) is 0 Å². The lowest BCUT2D eigenvalue weighted by Gasteiger charge is -2.28. The van der Waals surface area contributed by atoms with Crippen LogP contribution in [0.4, 0.5) is 0 Å². The van der Waals surface area contributed by atoms with Crippen molar-refractivity contribution < 1.29 is 18.9 Å². The number of esters is 1. The Bertz CT molecular complexity index is 287. The van der Waals surface area contributed by atoms with Crippen LogP contribution in [0.3, 0.4) is 0 Å². The first-order chi connectivity index (χ1) is 7.41. The third-order valence-electron chi connectivity index (χ3n) is 1.73. The number of rotatable bonds is 7. The van der Waals surface area contributed by atoms with Crippen molar-refractivity contribution in [2.75, 3.05) is 27.2 Å². The molecule has 0 saturated heterocycles. The van der Waals surface area contributed by atoms with Crippen molar-refractivity contribution in [1.29, 1.82) is 0 Å². The van der Waals surface area contributed by atoms with E-state index in [1.807, 2.05) is 14.1 Å². The molecule has 0 fully saturated rings. The zero-order valence-electron chi connectivity index (χ0n) is 9.66. The Labute approximate surface area is 95.1 Å². The van der Waals surface area contributed by atoms with E-state index in [4.69, 9.17) is 4.74 Å². The zero-order chi connectivity index (χ0) is 12.6. The summed E-state index contributed by atoms with van der Waals surface area (Å²) in [6.45, 7) is 7.33. The highest BCUT2D eigenvalue weighted by Crippen LogP contribution is 1.90. The van der Waals surface area contributed by atoms with E-state index in [0.29, 0.717) is 6.54 Å². The highest BCUT2D eigenvalue weighted by Gasteiger charge is 2.15. The topological polar surface area (TPSA) is 67.4 Å². The van der Waals surface area contributed by atoms with Gasteiger partial charge in [0.1, 0.15) is 13.2 Å². The van der Waals surface area contributed by atoms with Gasteiger partial charge >= 0.3 is 5.97 Å². The minimum atomic E-state index is -0.463. The molecule has 0 aliphatic carbocycles. The molecule has 16 heavy (non-hydrogen) atoms. The first kappa shape index (κ1) is 14.3. The molecule has 0 saturated carbocycles. The Hall–Kier alpha value is -1.66. The monoisotopic (exact) mass is 228 g/mol. The molecule has 0 bridgehead atoms. The summed E-state index contributed by atoms with van der Waals surface area (Å²) < 4.78 is 5.08. The number of nitrogens with one attached hydrogen (secondary N) is 2. The van der Waals surface area contributed by atoms with Gasteiger partial charge in [0.15, 0.2) is 0 Å². The fourth-order valence-electron chi connectivity index (χ4n) is 0.747. The average Bonchev–Trinajstić information content (AvgIpc) is 2.25. The summed E-state index contributed by atoms with van der Waals surface area (Å²) >= 11 is 0. The van der Waals surface area contributed by atoms with Gasteiger partial charge in [-0.15, -0.1) is 0 Å². The number of ether oxygens (including phenoxy) is 1. The third-order valence-corrected chi connectivity index (χ3v) is 1.73. The minimum Gasteiger partial charge on any atom is -0.456 e. The number of hydrogen-bond donors (Lipinski definition) is 2. The lowest BCUT2D eigenvalue weighted by molar-refractivity contribution is -0.938. The Morgan fingerprint density at radius 1 is 1.31 bits per heavy atom. The van der Waals surface area contributed by atoms with Gasteiger partial charge in [0, 0.05) is 6.08 Å². The molecule has 0 spiro atoms. The number of amides is 1. The molecule has 1 amide bonds. The number of quaternary nitrogens is 1. The third kappa shape index (κ3) is 6.74. The van der Waals surface area contributed by atoms with Crippen molar-refractivity contribution in [2.45, 2.75) is 0 Å². The van der Waals surface area contributed by atoms with Crippen LogP contribution >= 0.6 is 0 Å². The molecule has 0 aromatic rings. The van der Waals surface area contributed by atoms with E-state index >= 15 is 0 Å². The van der Waals surface area contributed by atoms with Crippen molar-refractivity contribution in [3.63, 3.8) is 0 Å². The van der Waals surface area contributed by atoms with Gasteiger partial charge in [0.05, 0.1) is 14.1 Å². The largest absolute Gasteiger partial charge is 0.456 e. The van der Waals surface area contributed by atoms with Crippen LogP contribution in [0.5, 0.6) is 0 Å². The maximum atomic E-state index is 10.9. The Morgan fingerprint density at radius 2 is 1.94 bits per heavy atom. The summed E-state index contributed by atoms with van der Waals surface area (Å²) in [7, 11) is 3.62. The molecule has 6 nitrogen and oxygen atoms in total. The second-order valence-corrected chi connectivity index (χ2v) is 3.59. The number of carbonyl (C=O) groups is 2. The molecule has 0 aliphatic rings. The quantitative estimate of drug-likeness (QED) is 0.267. The van der Waals surface area contributed by atoms with Crippen LogP contribution < -0.4 is 11.0 Å². The number of likely N-dealkylation sites (N-methyl/N-ethyl adjacent to an activating group) is 1. The predicted octanol–water partition coefficient (Wildman–Crippen LogP) is -0.486. The van der Waals surface area contributed by atoms with Crippen LogP contribution in [0.15, 0.2) is 25.3 Å². The Morgan fingerprint density at radius 3 is 2.44 bits per heavy atom. The fraction of sp³-hybridized carbons (Fsp3) is 0.400.